The summed E-state index contributed by atoms with van der Waals surface area (Å²) in [4.78, 5) is 12.0. The van der Waals surface area contributed by atoms with Crippen LogP contribution in [0.1, 0.15) is 38.5 Å². The maximum absolute atomic E-state index is 12.0. The molecule has 0 amide bonds. The van der Waals surface area contributed by atoms with Gasteiger partial charge in [-0.15, -0.1) is 0 Å². The second-order valence-electron chi connectivity index (χ2n) is 6.25. The quantitative estimate of drug-likeness (QED) is 0.566. The summed E-state index contributed by atoms with van der Waals surface area (Å²) in [6, 6.07) is 0. The van der Waals surface area contributed by atoms with Crippen LogP contribution in [0.4, 0.5) is 0 Å². The number of carbonyl (C=O) groups is 1. The van der Waals surface area contributed by atoms with Gasteiger partial charge in [0.25, 0.3) is 0 Å². The second kappa shape index (κ2) is 4.20. The lowest BCUT2D eigenvalue weighted by Crippen LogP contribution is -2.27. The molecule has 0 spiro atoms. The fraction of sp³-hybridized carbons (Fsp3) is 0.929. The number of hydrogen-bond donors (Lipinski definition) is 0. The molecule has 0 bridgehead atoms. The molecule has 100 valence electrons. The molecule has 4 fully saturated rings. The van der Waals surface area contributed by atoms with Crippen LogP contribution < -0.4 is 0 Å². The summed E-state index contributed by atoms with van der Waals surface area (Å²) < 4.78 is 16.4. The average molecular weight is 252 g/mol. The third-order valence-electron chi connectivity index (χ3n) is 4.91. The maximum Gasteiger partial charge on any atom is 0.309 e. The molecule has 0 unspecified atom stereocenters. The van der Waals surface area contributed by atoms with Gasteiger partial charge in [-0.2, -0.15) is 0 Å². The van der Waals surface area contributed by atoms with Gasteiger partial charge < -0.3 is 14.2 Å². The molecule has 4 aliphatic rings. The van der Waals surface area contributed by atoms with Crippen molar-refractivity contribution in [3.63, 3.8) is 0 Å². The van der Waals surface area contributed by atoms with E-state index in [1.807, 2.05) is 0 Å². The van der Waals surface area contributed by atoms with E-state index in [4.69, 9.17) is 14.2 Å². The standard InChI is InChI=1S/C14H20O4/c15-14(9-2-4-11-13(6-9)18-11)16-7-8-1-3-10-12(5-8)17-10/h8-13H,1-7H2/t8-,9+,10+,11-,12+,13+/m0/s1. The molecule has 18 heavy (non-hydrogen) atoms. The van der Waals surface area contributed by atoms with Crippen molar-refractivity contribution in [3.8, 4) is 0 Å². The topological polar surface area (TPSA) is 51.4 Å². The predicted octanol–water partition coefficient (Wildman–Crippen LogP) is 1.66. The van der Waals surface area contributed by atoms with Crippen molar-refractivity contribution in [3.05, 3.63) is 0 Å². The van der Waals surface area contributed by atoms with Gasteiger partial charge in [-0.05, 0) is 44.4 Å². The number of rotatable bonds is 3. The van der Waals surface area contributed by atoms with E-state index >= 15 is 0 Å². The first kappa shape index (κ1) is 11.2. The molecule has 0 N–H and O–H groups in total. The van der Waals surface area contributed by atoms with Crippen molar-refractivity contribution >= 4 is 5.97 Å². The minimum absolute atomic E-state index is 0.00258. The smallest absolute Gasteiger partial charge is 0.309 e. The monoisotopic (exact) mass is 252 g/mol. The first-order valence-corrected chi connectivity index (χ1v) is 7.27. The number of ether oxygens (including phenoxy) is 3. The van der Waals surface area contributed by atoms with Gasteiger partial charge in [0.15, 0.2) is 0 Å². The van der Waals surface area contributed by atoms with Crippen molar-refractivity contribution in [2.45, 2.75) is 62.9 Å². The van der Waals surface area contributed by atoms with E-state index in [0.29, 0.717) is 36.9 Å². The van der Waals surface area contributed by atoms with E-state index in [9.17, 15) is 4.79 Å². The summed E-state index contributed by atoms with van der Waals surface area (Å²) in [6.45, 7) is 0.594. The molecule has 0 aromatic heterocycles. The van der Waals surface area contributed by atoms with Gasteiger partial charge in [0.05, 0.1) is 36.9 Å². The molecular formula is C14H20O4. The van der Waals surface area contributed by atoms with Gasteiger partial charge in [-0.25, -0.2) is 0 Å². The lowest BCUT2D eigenvalue weighted by Gasteiger charge is -2.21. The van der Waals surface area contributed by atoms with Crippen LogP contribution in [0.3, 0.4) is 0 Å². The molecule has 0 radical (unpaired) electrons. The van der Waals surface area contributed by atoms with Gasteiger partial charge >= 0.3 is 5.97 Å². The van der Waals surface area contributed by atoms with Gasteiger partial charge in [-0.1, -0.05) is 0 Å². The van der Waals surface area contributed by atoms with Crippen LogP contribution in [-0.4, -0.2) is 37.0 Å². The first-order chi connectivity index (χ1) is 8.79. The zero-order valence-corrected chi connectivity index (χ0v) is 10.5. The highest BCUT2D eigenvalue weighted by Crippen LogP contribution is 2.41. The SMILES string of the molecule is O=C(OC[C@H]1CC[C@H]2O[C@@H]2C1)[C@@H]1CC[C@@H]2O[C@@H]2C1. The van der Waals surface area contributed by atoms with E-state index in [1.54, 1.807) is 0 Å². The Hall–Kier alpha value is -0.610. The summed E-state index contributed by atoms with van der Waals surface area (Å²) in [6.07, 6.45) is 8.03. The summed E-state index contributed by atoms with van der Waals surface area (Å²) in [5, 5.41) is 0. The largest absolute Gasteiger partial charge is 0.465 e. The number of epoxide rings is 2. The van der Waals surface area contributed by atoms with E-state index in [-0.39, 0.29) is 11.9 Å². The lowest BCUT2D eigenvalue weighted by molar-refractivity contribution is -0.151. The Kier molecular flexibility index (Phi) is 2.62. The first-order valence-electron chi connectivity index (χ1n) is 7.27. The highest BCUT2D eigenvalue weighted by molar-refractivity contribution is 5.72. The normalized spacial score (nSPS) is 48.9. The Bertz CT molecular complexity index is 356. The molecule has 2 aliphatic carbocycles. The highest BCUT2D eigenvalue weighted by Gasteiger charge is 2.47. The van der Waals surface area contributed by atoms with Gasteiger partial charge in [0.2, 0.25) is 0 Å². The third kappa shape index (κ3) is 2.16. The summed E-state index contributed by atoms with van der Waals surface area (Å²) in [5.41, 5.74) is 0. The molecule has 4 heteroatoms. The Morgan fingerprint density at radius 2 is 1.67 bits per heavy atom. The van der Waals surface area contributed by atoms with E-state index in [2.05, 4.69) is 0 Å². The number of hydrogen-bond acceptors (Lipinski definition) is 4. The van der Waals surface area contributed by atoms with Gasteiger partial charge in [-0.3, -0.25) is 4.79 Å². The molecule has 4 nitrogen and oxygen atoms in total. The number of esters is 1. The molecule has 4 rings (SSSR count). The lowest BCUT2D eigenvalue weighted by atomic mass is 9.89. The fourth-order valence-corrected chi connectivity index (χ4v) is 3.57. The second-order valence-corrected chi connectivity index (χ2v) is 6.25. The summed E-state index contributed by atoms with van der Waals surface area (Å²) in [5.74, 6) is 0.608. The molecule has 6 atom stereocenters. The van der Waals surface area contributed by atoms with Crippen LogP contribution in [0.15, 0.2) is 0 Å². The molecule has 0 aromatic rings. The zero-order chi connectivity index (χ0) is 12.1. The average Bonchev–Trinajstić information content (AvgIpc) is 3.26. The third-order valence-corrected chi connectivity index (χ3v) is 4.91. The van der Waals surface area contributed by atoms with Crippen molar-refractivity contribution in [2.75, 3.05) is 6.61 Å². The van der Waals surface area contributed by atoms with Crippen LogP contribution in [0.5, 0.6) is 0 Å². The maximum atomic E-state index is 12.0. The van der Waals surface area contributed by atoms with Crippen molar-refractivity contribution in [1.29, 1.82) is 0 Å². The Balaban J connectivity index is 1.23. The minimum Gasteiger partial charge on any atom is -0.465 e. The van der Waals surface area contributed by atoms with Crippen LogP contribution in [0.2, 0.25) is 0 Å². The number of fused-ring (bicyclic) bond motifs is 2. The van der Waals surface area contributed by atoms with Crippen LogP contribution in [-0.2, 0) is 19.0 Å². The van der Waals surface area contributed by atoms with E-state index in [1.165, 1.54) is 0 Å². The summed E-state index contributed by atoms with van der Waals surface area (Å²) >= 11 is 0. The molecule has 2 saturated heterocycles. The minimum atomic E-state index is 0.00258. The zero-order valence-electron chi connectivity index (χ0n) is 10.5. The van der Waals surface area contributed by atoms with Crippen molar-refractivity contribution in [1.82, 2.24) is 0 Å². The Morgan fingerprint density at radius 1 is 0.944 bits per heavy atom. The van der Waals surface area contributed by atoms with E-state index in [0.717, 1.165) is 38.5 Å². The molecular weight excluding hydrogens is 232 g/mol. The van der Waals surface area contributed by atoms with Gasteiger partial charge in [0, 0.05) is 0 Å². The fourth-order valence-electron chi connectivity index (χ4n) is 3.57. The van der Waals surface area contributed by atoms with Crippen molar-refractivity contribution < 1.29 is 19.0 Å². The van der Waals surface area contributed by atoms with Crippen LogP contribution in [0, 0.1) is 11.8 Å². The van der Waals surface area contributed by atoms with Crippen molar-refractivity contribution in [2.24, 2.45) is 11.8 Å². The van der Waals surface area contributed by atoms with Gasteiger partial charge in [0.1, 0.15) is 0 Å². The highest BCUT2D eigenvalue weighted by atomic mass is 16.6. The van der Waals surface area contributed by atoms with E-state index < -0.39 is 0 Å². The number of carbonyl (C=O) groups excluding carboxylic acids is 1. The van der Waals surface area contributed by atoms with Crippen LogP contribution in [0.25, 0.3) is 0 Å². The summed E-state index contributed by atoms with van der Waals surface area (Å²) in [7, 11) is 0. The molecule has 0 aromatic carbocycles. The molecule has 2 aliphatic heterocycles. The molecule has 2 heterocycles. The van der Waals surface area contributed by atoms with Crippen LogP contribution >= 0.6 is 0 Å². The Labute approximate surface area is 107 Å². The predicted molar refractivity (Wildman–Crippen MR) is 63.0 cm³/mol. The Morgan fingerprint density at radius 3 is 2.39 bits per heavy atom. The molecule has 2 saturated carbocycles.